The minimum atomic E-state index is -0.216. The lowest BCUT2D eigenvalue weighted by atomic mass is 9.94. The maximum Gasteiger partial charge on any atom is 0.242 e. The van der Waals surface area contributed by atoms with Gasteiger partial charge in [-0.05, 0) is 51.3 Å². The van der Waals surface area contributed by atoms with Crippen molar-refractivity contribution < 1.29 is 9.18 Å². The summed E-state index contributed by atoms with van der Waals surface area (Å²) in [6.45, 7) is 9.71. The Balaban J connectivity index is 1.58. The van der Waals surface area contributed by atoms with E-state index in [1.54, 1.807) is 18.3 Å². The summed E-state index contributed by atoms with van der Waals surface area (Å²) < 4.78 is 15.9. The molecular weight excluding hydrogens is 367 g/mol. The molecule has 2 aromatic rings. The first kappa shape index (κ1) is 19.9. The number of halogens is 1. The van der Waals surface area contributed by atoms with Crippen LogP contribution in [0.4, 0.5) is 10.1 Å². The largest absolute Gasteiger partial charge is 0.361 e. The maximum atomic E-state index is 13.9. The van der Waals surface area contributed by atoms with Crippen LogP contribution in [0.15, 0.2) is 36.7 Å². The van der Waals surface area contributed by atoms with Gasteiger partial charge in [-0.2, -0.15) is 0 Å². The average Bonchev–Trinajstić information content (AvgIpc) is 3.21. The molecule has 1 aromatic carbocycles. The third-order valence-electron chi connectivity index (χ3n) is 6.41. The molecule has 1 aromatic heterocycles. The Bertz CT molecular complexity index is 891. The first-order valence-electron chi connectivity index (χ1n) is 10.6. The molecule has 5 nitrogen and oxygen atoms in total. The molecule has 2 atom stereocenters. The Labute approximate surface area is 172 Å². The smallest absolute Gasteiger partial charge is 0.242 e. The third kappa shape index (κ3) is 3.65. The van der Waals surface area contributed by atoms with E-state index in [9.17, 15) is 9.18 Å². The van der Waals surface area contributed by atoms with Crippen molar-refractivity contribution in [1.82, 2.24) is 14.5 Å². The summed E-state index contributed by atoms with van der Waals surface area (Å²) >= 11 is 0. The molecule has 0 spiro atoms. The zero-order chi connectivity index (χ0) is 20.8. The van der Waals surface area contributed by atoms with E-state index in [-0.39, 0.29) is 35.3 Å². The average molecular weight is 399 g/mol. The van der Waals surface area contributed by atoms with Gasteiger partial charge in [0.25, 0.3) is 0 Å². The Morgan fingerprint density at radius 2 is 2.10 bits per heavy atom. The molecule has 0 unspecified atom stereocenters. The predicted octanol–water partition coefficient (Wildman–Crippen LogP) is 4.19. The summed E-state index contributed by atoms with van der Waals surface area (Å²) in [5, 5.41) is 0. The zero-order valence-electron chi connectivity index (χ0n) is 17.8. The number of hydrogen-bond acceptors (Lipinski definition) is 3. The van der Waals surface area contributed by atoms with Gasteiger partial charge in [0.15, 0.2) is 0 Å². The van der Waals surface area contributed by atoms with E-state index in [0.29, 0.717) is 6.54 Å². The zero-order valence-corrected chi connectivity index (χ0v) is 17.8. The SMILES string of the molecule is CC(C)c1nccn1CC(=O)N1CCC[C@H]2[C@@H]1CC(C)(C)N2c1cccc(F)c1. The molecule has 0 N–H and O–H groups in total. The van der Waals surface area contributed by atoms with E-state index < -0.39 is 0 Å². The number of rotatable bonds is 4. The molecule has 2 aliphatic heterocycles. The molecule has 3 heterocycles. The molecule has 2 fully saturated rings. The van der Waals surface area contributed by atoms with E-state index in [0.717, 1.165) is 37.3 Å². The van der Waals surface area contributed by atoms with Crippen LogP contribution in [0.5, 0.6) is 0 Å². The van der Waals surface area contributed by atoms with Crippen LogP contribution in [0.1, 0.15) is 58.7 Å². The lowest BCUT2D eigenvalue weighted by Crippen LogP contribution is -2.53. The number of carbonyl (C=O) groups excluding carboxylic acids is 1. The summed E-state index contributed by atoms with van der Waals surface area (Å²) in [5.41, 5.74) is 0.776. The van der Waals surface area contributed by atoms with Crippen LogP contribution in [0, 0.1) is 5.82 Å². The lowest BCUT2D eigenvalue weighted by Gasteiger charge is -2.42. The fraction of sp³-hybridized carbons (Fsp3) is 0.565. The van der Waals surface area contributed by atoms with Crippen LogP contribution in [-0.4, -0.2) is 44.5 Å². The van der Waals surface area contributed by atoms with Gasteiger partial charge in [0.05, 0.1) is 12.1 Å². The van der Waals surface area contributed by atoms with E-state index in [1.807, 2.05) is 16.8 Å². The number of benzene rings is 1. The van der Waals surface area contributed by atoms with E-state index in [4.69, 9.17) is 0 Å². The van der Waals surface area contributed by atoms with Crippen LogP contribution in [0.25, 0.3) is 0 Å². The highest BCUT2D eigenvalue weighted by molar-refractivity contribution is 5.77. The fourth-order valence-corrected chi connectivity index (χ4v) is 5.31. The highest BCUT2D eigenvalue weighted by atomic mass is 19.1. The Morgan fingerprint density at radius 3 is 2.83 bits per heavy atom. The van der Waals surface area contributed by atoms with Crippen LogP contribution >= 0.6 is 0 Å². The quantitative estimate of drug-likeness (QED) is 0.775. The van der Waals surface area contributed by atoms with Crippen molar-refractivity contribution in [3.63, 3.8) is 0 Å². The first-order chi connectivity index (χ1) is 13.8. The van der Waals surface area contributed by atoms with Gasteiger partial charge in [-0.1, -0.05) is 19.9 Å². The molecule has 0 aliphatic carbocycles. The fourth-order valence-electron chi connectivity index (χ4n) is 5.31. The van der Waals surface area contributed by atoms with Crippen molar-refractivity contribution in [2.45, 2.75) is 77.0 Å². The standard InChI is InChI=1S/C23H31FN4O/c1-16(2)22-25-10-12-26(22)15-21(29)27-11-6-9-19-20(27)14-23(3,4)28(19)18-8-5-7-17(24)13-18/h5,7-8,10,12-13,16,19-20H,6,9,11,14-15H2,1-4H3/t19-,20-/m0/s1. The van der Waals surface area contributed by atoms with Gasteiger partial charge in [-0.25, -0.2) is 9.37 Å². The summed E-state index contributed by atoms with van der Waals surface area (Å²) in [6, 6.07) is 7.22. The molecule has 156 valence electrons. The van der Waals surface area contributed by atoms with E-state index in [2.05, 4.69) is 42.5 Å². The number of imidazole rings is 1. The molecule has 0 radical (unpaired) electrons. The Kier molecular flexibility index (Phi) is 5.13. The van der Waals surface area contributed by atoms with Crippen molar-refractivity contribution >= 4 is 11.6 Å². The number of hydrogen-bond donors (Lipinski definition) is 0. The molecule has 4 rings (SSSR count). The van der Waals surface area contributed by atoms with Gasteiger partial charge < -0.3 is 14.4 Å². The van der Waals surface area contributed by atoms with Gasteiger partial charge in [-0.3, -0.25) is 4.79 Å². The predicted molar refractivity (Wildman–Crippen MR) is 112 cm³/mol. The minimum absolute atomic E-state index is 0.135. The maximum absolute atomic E-state index is 13.9. The van der Waals surface area contributed by atoms with Gasteiger partial charge >= 0.3 is 0 Å². The molecule has 2 saturated heterocycles. The summed E-state index contributed by atoms with van der Waals surface area (Å²) in [4.78, 5) is 22.1. The number of likely N-dealkylation sites (tertiary alicyclic amines) is 1. The number of aromatic nitrogens is 2. The van der Waals surface area contributed by atoms with Gasteiger partial charge in [0.2, 0.25) is 5.91 Å². The van der Waals surface area contributed by atoms with Crippen molar-refractivity contribution in [3.05, 3.63) is 48.3 Å². The topological polar surface area (TPSA) is 41.4 Å². The van der Waals surface area contributed by atoms with Crippen molar-refractivity contribution in [1.29, 1.82) is 0 Å². The van der Waals surface area contributed by atoms with E-state index >= 15 is 0 Å². The van der Waals surface area contributed by atoms with Crippen molar-refractivity contribution in [2.24, 2.45) is 0 Å². The molecule has 0 bridgehead atoms. The minimum Gasteiger partial charge on any atom is -0.361 e. The monoisotopic (exact) mass is 398 g/mol. The second kappa shape index (κ2) is 7.47. The molecular formula is C23H31FN4O. The number of anilines is 1. The number of piperidine rings is 1. The Hall–Kier alpha value is -2.37. The Morgan fingerprint density at radius 1 is 1.31 bits per heavy atom. The summed E-state index contributed by atoms with van der Waals surface area (Å²) in [5.74, 6) is 1.16. The van der Waals surface area contributed by atoms with Gasteiger partial charge in [0, 0.05) is 36.1 Å². The number of amides is 1. The van der Waals surface area contributed by atoms with Gasteiger partial charge in [-0.15, -0.1) is 0 Å². The third-order valence-corrected chi connectivity index (χ3v) is 6.41. The van der Waals surface area contributed by atoms with Crippen LogP contribution in [0.2, 0.25) is 0 Å². The van der Waals surface area contributed by atoms with Crippen molar-refractivity contribution in [2.75, 3.05) is 11.4 Å². The first-order valence-corrected chi connectivity index (χ1v) is 10.6. The highest BCUT2D eigenvalue weighted by Gasteiger charge is 2.50. The second-order valence-electron chi connectivity index (χ2n) is 9.30. The molecule has 6 heteroatoms. The van der Waals surface area contributed by atoms with Gasteiger partial charge in [0.1, 0.15) is 18.2 Å². The summed E-state index contributed by atoms with van der Waals surface area (Å²) in [6.07, 6.45) is 6.55. The second-order valence-corrected chi connectivity index (χ2v) is 9.30. The molecule has 1 amide bonds. The number of nitrogens with zero attached hydrogens (tertiary/aromatic N) is 4. The van der Waals surface area contributed by atoms with Crippen LogP contribution in [0.3, 0.4) is 0 Å². The van der Waals surface area contributed by atoms with E-state index in [1.165, 1.54) is 6.07 Å². The summed E-state index contributed by atoms with van der Waals surface area (Å²) in [7, 11) is 0. The lowest BCUT2D eigenvalue weighted by molar-refractivity contribution is -0.135. The number of carbonyl (C=O) groups is 1. The van der Waals surface area contributed by atoms with Crippen molar-refractivity contribution in [3.8, 4) is 0 Å². The van der Waals surface area contributed by atoms with Crippen LogP contribution < -0.4 is 4.90 Å². The molecule has 0 saturated carbocycles. The highest BCUT2D eigenvalue weighted by Crippen LogP contribution is 2.43. The molecule has 2 aliphatic rings. The van der Waals surface area contributed by atoms with Crippen LogP contribution in [-0.2, 0) is 11.3 Å². The number of fused-ring (bicyclic) bond motifs is 1. The molecule has 29 heavy (non-hydrogen) atoms. The normalized spacial score (nSPS) is 23.5.